The number of piperidine rings is 1. The summed E-state index contributed by atoms with van der Waals surface area (Å²) in [6.07, 6.45) is 8.87. The first-order chi connectivity index (χ1) is 12.0. The summed E-state index contributed by atoms with van der Waals surface area (Å²) in [5, 5.41) is 14.6. The first-order valence-electron chi connectivity index (χ1n) is 9.77. The van der Waals surface area contributed by atoms with Gasteiger partial charge in [-0.25, -0.2) is 4.79 Å². The molecule has 4 saturated carbocycles. The molecule has 6 heteroatoms. The Kier molecular flexibility index (Phi) is 4.45. The molecule has 3 amide bonds. The lowest BCUT2D eigenvalue weighted by molar-refractivity contribution is -0.121. The Morgan fingerprint density at radius 3 is 2.12 bits per heavy atom. The average Bonchev–Trinajstić information content (AvgIpc) is 2.53. The van der Waals surface area contributed by atoms with Gasteiger partial charge in [-0.1, -0.05) is 0 Å². The van der Waals surface area contributed by atoms with E-state index in [4.69, 9.17) is 5.26 Å². The van der Waals surface area contributed by atoms with Crippen LogP contribution in [0.2, 0.25) is 0 Å². The lowest BCUT2D eigenvalue weighted by Crippen LogP contribution is -2.62. The summed E-state index contributed by atoms with van der Waals surface area (Å²) in [6, 6.07) is 1.97. The van der Waals surface area contributed by atoms with Crippen molar-refractivity contribution in [2.24, 2.45) is 23.7 Å². The molecular weight excluding hydrogens is 316 g/mol. The summed E-state index contributed by atoms with van der Waals surface area (Å²) in [6.45, 7) is 1.75. The zero-order valence-corrected chi connectivity index (χ0v) is 14.8. The van der Waals surface area contributed by atoms with Crippen LogP contribution in [0.5, 0.6) is 0 Å². The SMILES string of the molecule is N#CC1CCN(CC(=O)NC(=O)NC23CC4CC(CC(C4)C2)C3)CC1. The van der Waals surface area contributed by atoms with Crippen molar-refractivity contribution in [1.29, 1.82) is 5.26 Å². The standard InChI is InChI=1S/C19H28N4O2/c20-11-13-1-3-23(4-2-13)12-17(24)21-18(25)22-19-8-14-5-15(9-19)7-16(6-14)10-19/h13-16H,1-10,12H2,(H2,21,22,24,25). The molecule has 1 heterocycles. The highest BCUT2D eigenvalue weighted by Gasteiger charge is 2.51. The molecule has 6 nitrogen and oxygen atoms in total. The Labute approximate surface area is 149 Å². The normalized spacial score (nSPS) is 37.5. The van der Waals surface area contributed by atoms with Gasteiger partial charge in [0.15, 0.2) is 0 Å². The van der Waals surface area contributed by atoms with Crippen LogP contribution in [0, 0.1) is 35.0 Å². The third-order valence-corrected chi connectivity index (χ3v) is 6.81. The first kappa shape index (κ1) is 16.8. The lowest BCUT2D eigenvalue weighted by Gasteiger charge is -2.56. The van der Waals surface area contributed by atoms with Crippen LogP contribution >= 0.6 is 0 Å². The molecule has 0 aromatic carbocycles. The zero-order valence-electron chi connectivity index (χ0n) is 14.8. The summed E-state index contributed by atoms with van der Waals surface area (Å²) < 4.78 is 0. The summed E-state index contributed by atoms with van der Waals surface area (Å²) in [7, 11) is 0. The average molecular weight is 344 g/mol. The van der Waals surface area contributed by atoms with Crippen molar-refractivity contribution in [1.82, 2.24) is 15.5 Å². The number of nitriles is 1. The van der Waals surface area contributed by atoms with Crippen LogP contribution in [0.3, 0.4) is 0 Å². The summed E-state index contributed by atoms with van der Waals surface area (Å²) >= 11 is 0. The van der Waals surface area contributed by atoms with Gasteiger partial charge in [-0.05, 0) is 82.2 Å². The van der Waals surface area contributed by atoms with Gasteiger partial charge in [-0.3, -0.25) is 15.0 Å². The van der Waals surface area contributed by atoms with Gasteiger partial charge in [0.1, 0.15) is 0 Å². The van der Waals surface area contributed by atoms with Gasteiger partial charge in [-0.15, -0.1) is 0 Å². The number of hydrogen-bond acceptors (Lipinski definition) is 4. The zero-order chi connectivity index (χ0) is 17.4. The number of imide groups is 1. The van der Waals surface area contributed by atoms with Crippen molar-refractivity contribution in [2.45, 2.75) is 56.9 Å². The Hall–Kier alpha value is -1.61. The van der Waals surface area contributed by atoms with Gasteiger partial charge in [0.25, 0.3) is 0 Å². The maximum atomic E-state index is 12.4. The highest BCUT2D eigenvalue weighted by atomic mass is 16.2. The van der Waals surface area contributed by atoms with Crippen molar-refractivity contribution in [3.63, 3.8) is 0 Å². The van der Waals surface area contributed by atoms with Crippen molar-refractivity contribution < 1.29 is 9.59 Å². The van der Waals surface area contributed by atoms with E-state index >= 15 is 0 Å². The van der Waals surface area contributed by atoms with Gasteiger partial charge >= 0.3 is 6.03 Å². The van der Waals surface area contributed by atoms with E-state index < -0.39 is 0 Å². The van der Waals surface area contributed by atoms with Crippen molar-refractivity contribution in [3.8, 4) is 6.07 Å². The molecular formula is C19H28N4O2. The maximum Gasteiger partial charge on any atom is 0.321 e. The largest absolute Gasteiger partial charge is 0.332 e. The molecule has 0 radical (unpaired) electrons. The number of rotatable bonds is 3. The minimum absolute atomic E-state index is 0.0652. The van der Waals surface area contributed by atoms with Crippen LogP contribution in [-0.4, -0.2) is 42.0 Å². The second kappa shape index (κ2) is 6.60. The van der Waals surface area contributed by atoms with E-state index in [0.717, 1.165) is 62.9 Å². The number of carbonyl (C=O) groups is 2. The van der Waals surface area contributed by atoms with Gasteiger partial charge < -0.3 is 5.32 Å². The van der Waals surface area contributed by atoms with E-state index in [0.29, 0.717) is 0 Å². The third-order valence-electron chi connectivity index (χ3n) is 6.81. The summed E-state index contributed by atoms with van der Waals surface area (Å²) in [5.41, 5.74) is -0.0652. The van der Waals surface area contributed by atoms with Crippen molar-refractivity contribution in [2.75, 3.05) is 19.6 Å². The Bertz CT molecular complexity index is 553. The van der Waals surface area contributed by atoms with Crippen molar-refractivity contribution in [3.05, 3.63) is 0 Å². The molecule has 136 valence electrons. The molecule has 5 aliphatic rings. The number of urea groups is 1. The fourth-order valence-electron chi connectivity index (χ4n) is 6.13. The van der Waals surface area contributed by atoms with Crippen LogP contribution < -0.4 is 10.6 Å². The second-order valence-corrected chi connectivity index (χ2v) is 8.88. The van der Waals surface area contributed by atoms with E-state index in [1.54, 1.807) is 0 Å². The fourth-order valence-corrected chi connectivity index (χ4v) is 6.13. The molecule has 0 aromatic heterocycles. The third kappa shape index (κ3) is 3.67. The Morgan fingerprint density at radius 2 is 1.60 bits per heavy atom. The van der Waals surface area contributed by atoms with E-state index in [-0.39, 0.29) is 29.9 Å². The Morgan fingerprint density at radius 1 is 1.04 bits per heavy atom. The van der Waals surface area contributed by atoms with Crippen LogP contribution in [-0.2, 0) is 4.79 Å². The van der Waals surface area contributed by atoms with Gasteiger partial charge in [-0.2, -0.15) is 5.26 Å². The van der Waals surface area contributed by atoms with E-state index in [9.17, 15) is 9.59 Å². The molecule has 4 bridgehead atoms. The predicted molar refractivity (Wildman–Crippen MR) is 92.4 cm³/mol. The van der Waals surface area contributed by atoms with E-state index in [1.807, 2.05) is 4.90 Å². The molecule has 1 saturated heterocycles. The highest BCUT2D eigenvalue weighted by Crippen LogP contribution is 2.55. The second-order valence-electron chi connectivity index (χ2n) is 8.88. The molecule has 2 N–H and O–H groups in total. The number of nitrogens with one attached hydrogen (secondary N) is 2. The summed E-state index contributed by atoms with van der Waals surface area (Å²) in [4.78, 5) is 26.6. The van der Waals surface area contributed by atoms with Crippen LogP contribution in [0.25, 0.3) is 0 Å². The lowest BCUT2D eigenvalue weighted by atomic mass is 9.53. The molecule has 0 unspecified atom stereocenters. The van der Waals surface area contributed by atoms with E-state index in [1.165, 1.54) is 19.3 Å². The molecule has 1 aliphatic heterocycles. The Balaban J connectivity index is 1.25. The van der Waals surface area contributed by atoms with E-state index in [2.05, 4.69) is 16.7 Å². The molecule has 25 heavy (non-hydrogen) atoms. The van der Waals surface area contributed by atoms with Gasteiger partial charge in [0.05, 0.1) is 12.6 Å². The molecule has 0 atom stereocenters. The molecule has 5 rings (SSSR count). The maximum absolute atomic E-state index is 12.4. The minimum Gasteiger partial charge on any atom is -0.332 e. The minimum atomic E-state index is -0.320. The quantitative estimate of drug-likeness (QED) is 0.820. The van der Waals surface area contributed by atoms with Crippen LogP contribution in [0.4, 0.5) is 4.79 Å². The molecule has 0 aromatic rings. The number of carbonyl (C=O) groups excluding carboxylic acids is 2. The monoisotopic (exact) mass is 344 g/mol. The smallest absolute Gasteiger partial charge is 0.321 e. The molecule has 4 aliphatic carbocycles. The number of amides is 3. The van der Waals surface area contributed by atoms with Crippen molar-refractivity contribution >= 4 is 11.9 Å². The number of hydrogen-bond donors (Lipinski definition) is 2. The van der Waals surface area contributed by atoms with Gasteiger partial charge in [0, 0.05) is 11.5 Å². The predicted octanol–water partition coefficient (Wildman–Crippen LogP) is 2.02. The fraction of sp³-hybridized carbons (Fsp3) is 0.842. The number of likely N-dealkylation sites (tertiary alicyclic amines) is 1. The first-order valence-corrected chi connectivity index (χ1v) is 9.77. The topological polar surface area (TPSA) is 85.2 Å². The molecule has 5 fully saturated rings. The molecule has 0 spiro atoms. The van der Waals surface area contributed by atoms with Crippen LogP contribution in [0.1, 0.15) is 51.4 Å². The van der Waals surface area contributed by atoms with Crippen LogP contribution in [0.15, 0.2) is 0 Å². The highest BCUT2D eigenvalue weighted by molar-refractivity contribution is 5.95. The number of nitrogens with zero attached hydrogens (tertiary/aromatic N) is 2. The summed E-state index contributed by atoms with van der Waals surface area (Å²) in [5.74, 6) is 2.17. The van der Waals surface area contributed by atoms with Gasteiger partial charge in [0.2, 0.25) is 5.91 Å².